The molecule has 2 atom stereocenters. The molecule has 134 valence electrons. The molecule has 0 radical (unpaired) electrons. The highest BCUT2D eigenvalue weighted by Crippen LogP contribution is 2.51. The van der Waals surface area contributed by atoms with E-state index in [2.05, 4.69) is 0 Å². The van der Waals surface area contributed by atoms with Crippen molar-refractivity contribution in [2.45, 2.75) is 19.4 Å². The van der Waals surface area contributed by atoms with Crippen LogP contribution in [0.2, 0.25) is 0 Å². The average molecular weight is 363 g/mol. The van der Waals surface area contributed by atoms with Crippen LogP contribution in [-0.4, -0.2) is 31.7 Å². The lowest BCUT2D eigenvalue weighted by Crippen LogP contribution is -2.30. The highest BCUT2D eigenvalue weighted by atomic mass is 31.2. The summed E-state index contributed by atoms with van der Waals surface area (Å²) < 4.78 is 36.4. The molecule has 1 aliphatic heterocycles. The van der Waals surface area contributed by atoms with Crippen molar-refractivity contribution in [2.75, 3.05) is 21.0 Å². The number of hydrogen-bond acceptors (Lipinski definition) is 5. The van der Waals surface area contributed by atoms with E-state index >= 15 is 0 Å². The van der Waals surface area contributed by atoms with Crippen LogP contribution >= 0.6 is 7.75 Å². The molecule has 2 unspecified atom stereocenters. The smallest absolute Gasteiger partial charge is 0.454 e. The van der Waals surface area contributed by atoms with Crippen molar-refractivity contribution in [3.63, 3.8) is 0 Å². The molecule has 1 heterocycles. The maximum Gasteiger partial charge on any atom is 0.461 e. The van der Waals surface area contributed by atoms with E-state index in [1.165, 1.54) is 7.11 Å². The summed E-state index contributed by atoms with van der Waals surface area (Å²) in [7, 11) is -0.308. The van der Waals surface area contributed by atoms with Crippen molar-refractivity contribution in [1.82, 2.24) is 4.67 Å². The Labute approximate surface area is 147 Å². The van der Waals surface area contributed by atoms with Gasteiger partial charge in [0, 0.05) is 13.2 Å². The van der Waals surface area contributed by atoms with Crippen molar-refractivity contribution in [1.29, 1.82) is 0 Å². The predicted octanol–water partition coefficient (Wildman–Crippen LogP) is 4.11. The normalized spacial score (nSPS) is 16.5. The first-order valence-electron chi connectivity index (χ1n) is 8.04. The third kappa shape index (κ3) is 3.98. The molecular formula is C18H22NO5P. The van der Waals surface area contributed by atoms with E-state index in [9.17, 15) is 4.57 Å². The van der Waals surface area contributed by atoms with Gasteiger partial charge in [-0.3, -0.25) is 4.52 Å². The first-order valence-corrected chi connectivity index (χ1v) is 9.53. The summed E-state index contributed by atoms with van der Waals surface area (Å²) in [6.07, 6.45) is 0.665. The number of likely N-dealkylation sites (N-methyl/N-ethyl adjacent to an activating group) is 1. The Bertz CT molecular complexity index is 767. The van der Waals surface area contributed by atoms with Gasteiger partial charge >= 0.3 is 7.75 Å². The van der Waals surface area contributed by atoms with Crippen molar-refractivity contribution < 1.29 is 23.1 Å². The molecule has 2 aromatic carbocycles. The number of para-hydroxylation sites is 1. The summed E-state index contributed by atoms with van der Waals surface area (Å²) in [4.78, 5) is 0. The van der Waals surface area contributed by atoms with E-state index in [4.69, 9.17) is 18.5 Å². The topological polar surface area (TPSA) is 57.2 Å². The van der Waals surface area contributed by atoms with Crippen molar-refractivity contribution in [2.24, 2.45) is 0 Å². The maximum atomic E-state index is 13.1. The zero-order valence-corrected chi connectivity index (χ0v) is 15.4. The van der Waals surface area contributed by atoms with Crippen LogP contribution in [0.1, 0.15) is 12.5 Å². The summed E-state index contributed by atoms with van der Waals surface area (Å²) >= 11 is 0. The van der Waals surface area contributed by atoms with Gasteiger partial charge in [-0.2, -0.15) is 4.67 Å². The summed E-state index contributed by atoms with van der Waals surface area (Å²) in [5.74, 6) is 2.00. The molecule has 0 aliphatic carbocycles. The third-order valence-electron chi connectivity index (χ3n) is 4.19. The summed E-state index contributed by atoms with van der Waals surface area (Å²) in [5, 5.41) is 0. The minimum absolute atomic E-state index is 0.0742. The fourth-order valence-corrected chi connectivity index (χ4v) is 4.04. The number of nitrogens with zero attached hydrogens (tertiary/aromatic N) is 1. The minimum Gasteiger partial charge on any atom is -0.454 e. The van der Waals surface area contributed by atoms with Crippen LogP contribution in [-0.2, 0) is 15.5 Å². The first kappa shape index (κ1) is 17.8. The number of fused-ring (bicyclic) bond motifs is 1. The van der Waals surface area contributed by atoms with Gasteiger partial charge in [0.05, 0.1) is 0 Å². The van der Waals surface area contributed by atoms with Crippen LogP contribution in [0.3, 0.4) is 0 Å². The molecule has 0 bridgehead atoms. The monoisotopic (exact) mass is 363 g/mol. The van der Waals surface area contributed by atoms with Crippen molar-refractivity contribution in [3.8, 4) is 17.2 Å². The highest BCUT2D eigenvalue weighted by Gasteiger charge is 2.34. The van der Waals surface area contributed by atoms with Crippen molar-refractivity contribution in [3.05, 3.63) is 54.1 Å². The number of benzene rings is 2. The van der Waals surface area contributed by atoms with Gasteiger partial charge in [-0.25, -0.2) is 4.57 Å². The number of rotatable bonds is 7. The van der Waals surface area contributed by atoms with Gasteiger partial charge in [0.1, 0.15) is 5.75 Å². The molecular weight excluding hydrogens is 341 g/mol. The van der Waals surface area contributed by atoms with Gasteiger partial charge < -0.3 is 14.0 Å². The number of ether oxygens (including phenoxy) is 2. The highest BCUT2D eigenvalue weighted by molar-refractivity contribution is 7.51. The molecule has 0 spiro atoms. The Kier molecular flexibility index (Phi) is 5.33. The van der Waals surface area contributed by atoms with E-state index in [1.54, 1.807) is 23.9 Å². The number of hydrogen-bond donors (Lipinski definition) is 0. The van der Waals surface area contributed by atoms with Crippen LogP contribution < -0.4 is 14.0 Å². The van der Waals surface area contributed by atoms with Crippen LogP contribution in [0.15, 0.2) is 48.5 Å². The SMILES string of the molecule is COP(=O)(Oc1ccccc1)N(C)C(C)Cc1ccc2c(c1)OCO2. The molecule has 6 nitrogen and oxygen atoms in total. The van der Waals surface area contributed by atoms with E-state index in [0.717, 1.165) is 17.1 Å². The lowest BCUT2D eigenvalue weighted by molar-refractivity contribution is 0.174. The maximum absolute atomic E-state index is 13.1. The molecule has 0 N–H and O–H groups in total. The Morgan fingerprint density at radius 3 is 2.60 bits per heavy atom. The molecule has 1 aliphatic rings. The van der Waals surface area contributed by atoms with E-state index in [-0.39, 0.29) is 12.8 Å². The third-order valence-corrected chi connectivity index (χ3v) is 6.26. The first-order chi connectivity index (χ1) is 12.0. The molecule has 3 rings (SSSR count). The minimum atomic E-state index is -3.44. The molecule has 2 aromatic rings. The summed E-state index contributed by atoms with van der Waals surface area (Å²) in [5.41, 5.74) is 1.06. The lowest BCUT2D eigenvalue weighted by Gasteiger charge is -2.30. The second kappa shape index (κ2) is 7.48. The van der Waals surface area contributed by atoms with Gasteiger partial charge in [0.25, 0.3) is 0 Å². The van der Waals surface area contributed by atoms with Gasteiger partial charge in [0.15, 0.2) is 11.5 Å². The van der Waals surface area contributed by atoms with E-state index in [1.807, 2.05) is 43.3 Å². The standard InChI is InChI=1S/C18H22NO5P/c1-14(11-15-9-10-17-18(12-15)23-13-22-17)19(2)25(20,21-3)24-16-7-5-4-6-8-16/h4-10,12,14H,11,13H2,1-3H3. The van der Waals surface area contributed by atoms with E-state index in [0.29, 0.717) is 12.2 Å². The fraction of sp³-hybridized carbons (Fsp3) is 0.333. The Hall–Kier alpha value is -2.01. The molecule has 0 fully saturated rings. The zero-order chi connectivity index (χ0) is 17.9. The van der Waals surface area contributed by atoms with Gasteiger partial charge in [-0.05, 0) is 50.2 Å². The van der Waals surface area contributed by atoms with Crippen LogP contribution in [0.4, 0.5) is 0 Å². The summed E-state index contributed by atoms with van der Waals surface area (Å²) in [6, 6.07) is 14.8. The molecule has 25 heavy (non-hydrogen) atoms. The largest absolute Gasteiger partial charge is 0.461 e. The zero-order valence-electron chi connectivity index (χ0n) is 14.5. The van der Waals surface area contributed by atoms with Gasteiger partial charge in [0.2, 0.25) is 6.79 Å². The van der Waals surface area contributed by atoms with Gasteiger partial charge in [-0.1, -0.05) is 24.3 Å². The second-order valence-corrected chi connectivity index (χ2v) is 7.99. The van der Waals surface area contributed by atoms with Crippen LogP contribution in [0.25, 0.3) is 0 Å². The quantitative estimate of drug-likeness (QED) is 0.690. The van der Waals surface area contributed by atoms with Crippen LogP contribution in [0, 0.1) is 0 Å². The molecule has 0 amide bonds. The lowest BCUT2D eigenvalue weighted by atomic mass is 10.1. The van der Waals surface area contributed by atoms with Crippen LogP contribution in [0.5, 0.6) is 17.2 Å². The molecule has 0 saturated carbocycles. The predicted molar refractivity (Wildman–Crippen MR) is 95.2 cm³/mol. The summed E-state index contributed by atoms with van der Waals surface area (Å²) in [6.45, 7) is 2.22. The van der Waals surface area contributed by atoms with E-state index < -0.39 is 7.75 Å². The average Bonchev–Trinajstić information content (AvgIpc) is 3.09. The molecule has 0 aromatic heterocycles. The Morgan fingerprint density at radius 1 is 1.16 bits per heavy atom. The van der Waals surface area contributed by atoms with Gasteiger partial charge in [-0.15, -0.1) is 0 Å². The second-order valence-electron chi connectivity index (χ2n) is 5.87. The Balaban J connectivity index is 1.71. The van der Waals surface area contributed by atoms with Crippen molar-refractivity contribution >= 4 is 7.75 Å². The Morgan fingerprint density at radius 2 is 1.88 bits per heavy atom. The fourth-order valence-electron chi connectivity index (χ4n) is 2.63. The molecule has 0 saturated heterocycles. The molecule has 7 heteroatoms.